The second-order valence-corrected chi connectivity index (χ2v) is 9.06. The lowest BCUT2D eigenvalue weighted by Gasteiger charge is -2.35. The molecule has 1 atom stereocenters. The lowest BCUT2D eigenvalue weighted by atomic mass is 9.84. The van der Waals surface area contributed by atoms with Crippen LogP contribution < -0.4 is 10.1 Å². The SMILES string of the molecule is CCN(C(=O)C1CCC(NC(=O)C2CCCC2)CC1)C(C)Cc1ccc(OC)cc1. The summed E-state index contributed by atoms with van der Waals surface area (Å²) in [7, 11) is 1.67. The van der Waals surface area contributed by atoms with Crippen molar-refractivity contribution in [3.63, 3.8) is 0 Å². The van der Waals surface area contributed by atoms with Gasteiger partial charge in [0.15, 0.2) is 0 Å². The number of hydrogen-bond donors (Lipinski definition) is 1. The number of hydrogen-bond acceptors (Lipinski definition) is 3. The molecule has 5 heteroatoms. The average molecular weight is 415 g/mol. The molecule has 2 fully saturated rings. The molecule has 1 unspecified atom stereocenters. The fraction of sp³-hybridized carbons (Fsp3) is 0.680. The number of rotatable bonds is 8. The van der Waals surface area contributed by atoms with E-state index >= 15 is 0 Å². The van der Waals surface area contributed by atoms with E-state index in [2.05, 4.69) is 31.3 Å². The van der Waals surface area contributed by atoms with Crippen molar-refractivity contribution in [1.29, 1.82) is 0 Å². The number of ether oxygens (including phenoxy) is 1. The van der Waals surface area contributed by atoms with E-state index < -0.39 is 0 Å². The monoisotopic (exact) mass is 414 g/mol. The number of carbonyl (C=O) groups excluding carboxylic acids is 2. The Morgan fingerprint density at radius 1 is 1.03 bits per heavy atom. The highest BCUT2D eigenvalue weighted by Crippen LogP contribution is 2.29. The molecular formula is C25H38N2O3. The number of benzene rings is 1. The van der Waals surface area contributed by atoms with Crippen LogP contribution in [0.15, 0.2) is 24.3 Å². The van der Waals surface area contributed by atoms with Crippen molar-refractivity contribution in [3.8, 4) is 5.75 Å². The summed E-state index contributed by atoms with van der Waals surface area (Å²) in [6.07, 6.45) is 8.87. The van der Waals surface area contributed by atoms with Gasteiger partial charge in [-0.3, -0.25) is 9.59 Å². The lowest BCUT2D eigenvalue weighted by Crippen LogP contribution is -2.46. The first kappa shape index (κ1) is 22.6. The second-order valence-electron chi connectivity index (χ2n) is 9.06. The van der Waals surface area contributed by atoms with Crippen LogP contribution in [0.5, 0.6) is 5.75 Å². The first-order chi connectivity index (χ1) is 14.5. The zero-order valence-electron chi connectivity index (χ0n) is 18.9. The van der Waals surface area contributed by atoms with Crippen LogP contribution in [0.4, 0.5) is 0 Å². The van der Waals surface area contributed by atoms with E-state index in [0.29, 0.717) is 0 Å². The summed E-state index contributed by atoms with van der Waals surface area (Å²) in [4.78, 5) is 27.6. The number of nitrogens with zero attached hydrogens (tertiary/aromatic N) is 1. The summed E-state index contributed by atoms with van der Waals surface area (Å²) < 4.78 is 5.23. The van der Waals surface area contributed by atoms with Crippen LogP contribution in [0.1, 0.15) is 70.8 Å². The van der Waals surface area contributed by atoms with Crippen molar-refractivity contribution < 1.29 is 14.3 Å². The van der Waals surface area contributed by atoms with Gasteiger partial charge in [-0.1, -0.05) is 25.0 Å². The van der Waals surface area contributed by atoms with Crippen molar-refractivity contribution >= 4 is 11.8 Å². The fourth-order valence-electron chi connectivity index (χ4n) is 5.12. The maximum atomic E-state index is 13.2. The van der Waals surface area contributed by atoms with Crippen LogP contribution in [-0.4, -0.2) is 42.5 Å². The van der Waals surface area contributed by atoms with Gasteiger partial charge in [-0.05, 0) is 76.5 Å². The number of likely N-dealkylation sites (N-methyl/N-ethyl adjacent to an activating group) is 1. The van der Waals surface area contributed by atoms with Crippen LogP contribution >= 0.6 is 0 Å². The molecule has 5 nitrogen and oxygen atoms in total. The molecule has 2 aliphatic rings. The summed E-state index contributed by atoms with van der Waals surface area (Å²) in [5.41, 5.74) is 1.22. The van der Waals surface area contributed by atoms with Gasteiger partial charge in [-0.2, -0.15) is 0 Å². The molecule has 2 aliphatic carbocycles. The smallest absolute Gasteiger partial charge is 0.225 e. The first-order valence-electron chi connectivity index (χ1n) is 11.8. The van der Waals surface area contributed by atoms with Crippen molar-refractivity contribution in [1.82, 2.24) is 10.2 Å². The molecule has 0 aliphatic heterocycles. The van der Waals surface area contributed by atoms with E-state index in [1.807, 2.05) is 17.0 Å². The van der Waals surface area contributed by atoms with E-state index in [1.54, 1.807) is 7.11 Å². The largest absolute Gasteiger partial charge is 0.497 e. The Balaban J connectivity index is 1.48. The van der Waals surface area contributed by atoms with Gasteiger partial charge in [0.25, 0.3) is 0 Å². The Labute approximate surface area is 181 Å². The summed E-state index contributed by atoms with van der Waals surface area (Å²) in [5, 5.41) is 3.25. The van der Waals surface area contributed by atoms with Gasteiger partial charge in [0.2, 0.25) is 11.8 Å². The predicted octanol–water partition coefficient (Wildman–Crippen LogP) is 4.34. The number of carbonyl (C=O) groups is 2. The van der Waals surface area contributed by atoms with Crippen molar-refractivity contribution in [2.24, 2.45) is 11.8 Å². The van der Waals surface area contributed by atoms with Gasteiger partial charge >= 0.3 is 0 Å². The molecule has 0 saturated heterocycles. The Kier molecular flexibility index (Phi) is 8.17. The molecule has 1 aromatic rings. The third-order valence-electron chi connectivity index (χ3n) is 6.99. The highest BCUT2D eigenvalue weighted by atomic mass is 16.5. The number of methoxy groups -OCH3 is 1. The minimum absolute atomic E-state index is 0.0860. The number of amides is 2. The highest BCUT2D eigenvalue weighted by molar-refractivity contribution is 5.80. The normalized spacial score (nSPS) is 23.0. The predicted molar refractivity (Wildman–Crippen MR) is 119 cm³/mol. The maximum Gasteiger partial charge on any atom is 0.225 e. The van der Waals surface area contributed by atoms with Crippen molar-refractivity contribution in [3.05, 3.63) is 29.8 Å². The number of nitrogens with one attached hydrogen (secondary N) is 1. The summed E-state index contributed by atoms with van der Waals surface area (Å²) in [5.74, 6) is 1.68. The average Bonchev–Trinajstić information content (AvgIpc) is 3.30. The maximum absolute atomic E-state index is 13.2. The second kappa shape index (κ2) is 10.8. The molecular weight excluding hydrogens is 376 g/mol. The first-order valence-corrected chi connectivity index (χ1v) is 11.8. The molecule has 1 aromatic carbocycles. The molecule has 0 aromatic heterocycles. The molecule has 0 spiro atoms. The lowest BCUT2D eigenvalue weighted by molar-refractivity contribution is -0.138. The highest BCUT2D eigenvalue weighted by Gasteiger charge is 2.32. The van der Waals surface area contributed by atoms with Crippen LogP contribution in [0.25, 0.3) is 0 Å². The van der Waals surface area contributed by atoms with Gasteiger partial charge in [-0.15, -0.1) is 0 Å². The molecule has 0 heterocycles. The minimum Gasteiger partial charge on any atom is -0.497 e. The zero-order valence-corrected chi connectivity index (χ0v) is 18.9. The summed E-state index contributed by atoms with van der Waals surface area (Å²) in [6.45, 7) is 4.93. The Hall–Kier alpha value is -2.04. The molecule has 3 rings (SSSR count). The van der Waals surface area contributed by atoms with E-state index in [-0.39, 0.29) is 35.7 Å². The van der Waals surface area contributed by atoms with Gasteiger partial charge < -0.3 is 15.0 Å². The van der Waals surface area contributed by atoms with Crippen LogP contribution in [0.3, 0.4) is 0 Å². The molecule has 2 saturated carbocycles. The minimum atomic E-state index is 0.0860. The van der Waals surface area contributed by atoms with Gasteiger partial charge in [0.05, 0.1) is 7.11 Å². The van der Waals surface area contributed by atoms with Gasteiger partial charge in [0, 0.05) is 30.5 Å². The van der Waals surface area contributed by atoms with Gasteiger partial charge in [0.1, 0.15) is 5.75 Å². The molecule has 30 heavy (non-hydrogen) atoms. The van der Waals surface area contributed by atoms with E-state index in [4.69, 9.17) is 4.74 Å². The quantitative estimate of drug-likeness (QED) is 0.688. The molecule has 1 N–H and O–H groups in total. The molecule has 2 amide bonds. The van der Waals surface area contributed by atoms with Crippen molar-refractivity contribution in [2.75, 3.05) is 13.7 Å². The van der Waals surface area contributed by atoms with E-state index in [0.717, 1.165) is 57.2 Å². The third kappa shape index (κ3) is 5.77. The van der Waals surface area contributed by atoms with Crippen molar-refractivity contribution in [2.45, 2.75) is 83.7 Å². The molecule has 0 bridgehead atoms. The molecule has 166 valence electrons. The van der Waals surface area contributed by atoms with E-state index in [9.17, 15) is 9.59 Å². The Morgan fingerprint density at radius 3 is 2.23 bits per heavy atom. The van der Waals surface area contributed by atoms with Crippen LogP contribution in [0.2, 0.25) is 0 Å². The van der Waals surface area contributed by atoms with Gasteiger partial charge in [-0.25, -0.2) is 0 Å². The topological polar surface area (TPSA) is 58.6 Å². The molecule has 0 radical (unpaired) electrons. The third-order valence-corrected chi connectivity index (χ3v) is 6.99. The van der Waals surface area contributed by atoms with Crippen LogP contribution in [0, 0.1) is 11.8 Å². The Morgan fingerprint density at radius 2 is 1.67 bits per heavy atom. The standard InChI is InChI=1S/C25H38N2O3/c1-4-27(18(2)17-19-9-15-23(30-3)16-10-19)25(29)21-11-13-22(14-12-21)26-24(28)20-7-5-6-8-20/h9-10,15-16,18,20-22H,4-8,11-14,17H2,1-3H3,(H,26,28). The zero-order chi connectivity index (χ0) is 21.5. The summed E-state index contributed by atoms with van der Waals surface area (Å²) in [6, 6.07) is 8.50. The summed E-state index contributed by atoms with van der Waals surface area (Å²) >= 11 is 0. The Bertz CT molecular complexity index is 689. The van der Waals surface area contributed by atoms with E-state index in [1.165, 1.54) is 18.4 Å². The fourth-order valence-corrected chi connectivity index (χ4v) is 5.12. The van der Waals surface area contributed by atoms with Crippen LogP contribution in [-0.2, 0) is 16.0 Å².